The van der Waals surface area contributed by atoms with E-state index in [1.54, 1.807) is 11.3 Å². The summed E-state index contributed by atoms with van der Waals surface area (Å²) in [6.07, 6.45) is 0. The van der Waals surface area contributed by atoms with Crippen molar-refractivity contribution in [1.82, 2.24) is 15.3 Å². The van der Waals surface area contributed by atoms with Crippen LogP contribution in [0, 0.1) is 13.8 Å². The third kappa shape index (κ3) is 4.11. The lowest BCUT2D eigenvalue weighted by Crippen LogP contribution is -2.38. The van der Waals surface area contributed by atoms with Gasteiger partial charge in [-0.3, -0.25) is 0 Å². The summed E-state index contributed by atoms with van der Waals surface area (Å²) >= 11 is 1.68. The van der Waals surface area contributed by atoms with E-state index in [0.717, 1.165) is 28.6 Å². The number of thiophene rings is 1. The average Bonchev–Trinajstić information content (AvgIpc) is 2.88. The van der Waals surface area contributed by atoms with Crippen LogP contribution >= 0.6 is 11.3 Å². The van der Waals surface area contributed by atoms with Gasteiger partial charge in [0.05, 0.1) is 4.88 Å². The van der Waals surface area contributed by atoms with Gasteiger partial charge in [-0.25, -0.2) is 9.97 Å². The molecular formula is C17H25N3S. The van der Waals surface area contributed by atoms with Crippen molar-refractivity contribution >= 4 is 11.3 Å². The molecule has 2 heterocycles. The Bertz CT molecular complexity index is 574. The van der Waals surface area contributed by atoms with Gasteiger partial charge in [0.15, 0.2) is 5.82 Å². The van der Waals surface area contributed by atoms with Gasteiger partial charge in [0.25, 0.3) is 0 Å². The molecule has 1 unspecified atom stereocenters. The summed E-state index contributed by atoms with van der Waals surface area (Å²) in [4.78, 5) is 10.6. The zero-order chi connectivity index (χ0) is 15.6. The lowest BCUT2D eigenvalue weighted by molar-refractivity contribution is 0.411. The predicted molar refractivity (Wildman–Crippen MR) is 91.0 cm³/mol. The topological polar surface area (TPSA) is 37.8 Å². The summed E-state index contributed by atoms with van der Waals surface area (Å²) in [5.74, 6) is 1.25. The molecule has 0 aliphatic rings. The molecular weight excluding hydrogens is 278 g/mol. The normalized spacial score (nSPS) is 13.4. The molecule has 2 rings (SSSR count). The van der Waals surface area contributed by atoms with Crippen LogP contribution in [0.5, 0.6) is 0 Å². The number of nitrogens with zero attached hydrogens (tertiary/aromatic N) is 2. The Balaban J connectivity index is 2.25. The standard InChI is InChI=1S/C17H25N3S/c1-11(10-18-17(4,5)6)15-12(2)19-16(20-13(15)3)14-8-7-9-21-14/h7-9,11,18H,10H2,1-6H3. The van der Waals surface area contributed by atoms with E-state index in [-0.39, 0.29) is 5.54 Å². The second-order valence-corrected chi connectivity index (χ2v) is 7.59. The fourth-order valence-corrected chi connectivity index (χ4v) is 3.17. The quantitative estimate of drug-likeness (QED) is 0.914. The first-order valence-corrected chi connectivity index (χ1v) is 8.30. The Morgan fingerprint density at radius 1 is 1.19 bits per heavy atom. The van der Waals surface area contributed by atoms with Crippen molar-refractivity contribution in [2.24, 2.45) is 0 Å². The van der Waals surface area contributed by atoms with Gasteiger partial charge in [-0.05, 0) is 57.5 Å². The van der Waals surface area contributed by atoms with Crippen LogP contribution < -0.4 is 5.32 Å². The van der Waals surface area contributed by atoms with Gasteiger partial charge in [-0.15, -0.1) is 11.3 Å². The number of rotatable bonds is 4. The molecule has 21 heavy (non-hydrogen) atoms. The number of nitrogens with one attached hydrogen (secondary N) is 1. The molecule has 2 aromatic heterocycles. The van der Waals surface area contributed by atoms with E-state index in [9.17, 15) is 0 Å². The van der Waals surface area contributed by atoms with E-state index >= 15 is 0 Å². The molecule has 3 nitrogen and oxygen atoms in total. The molecule has 0 fully saturated rings. The van der Waals surface area contributed by atoms with E-state index in [0.29, 0.717) is 5.92 Å². The molecule has 0 saturated carbocycles. The monoisotopic (exact) mass is 303 g/mol. The Morgan fingerprint density at radius 2 is 1.81 bits per heavy atom. The molecule has 0 saturated heterocycles. The van der Waals surface area contributed by atoms with Gasteiger partial charge in [0, 0.05) is 23.5 Å². The zero-order valence-corrected chi connectivity index (χ0v) is 14.6. The van der Waals surface area contributed by atoms with E-state index in [2.05, 4.69) is 58.3 Å². The fourth-order valence-electron chi connectivity index (χ4n) is 2.52. The highest BCUT2D eigenvalue weighted by Gasteiger charge is 2.18. The number of aromatic nitrogens is 2. The molecule has 0 aromatic carbocycles. The van der Waals surface area contributed by atoms with E-state index in [4.69, 9.17) is 9.97 Å². The molecule has 1 atom stereocenters. The van der Waals surface area contributed by atoms with Crippen molar-refractivity contribution in [3.8, 4) is 10.7 Å². The summed E-state index contributed by atoms with van der Waals surface area (Å²) in [6, 6.07) is 4.11. The maximum Gasteiger partial charge on any atom is 0.169 e. The van der Waals surface area contributed by atoms with Gasteiger partial charge in [0.1, 0.15) is 0 Å². The summed E-state index contributed by atoms with van der Waals surface area (Å²) in [5.41, 5.74) is 3.59. The minimum Gasteiger partial charge on any atom is -0.311 e. The molecule has 1 N–H and O–H groups in total. The second-order valence-electron chi connectivity index (χ2n) is 6.64. The van der Waals surface area contributed by atoms with Crippen molar-refractivity contribution in [2.45, 2.75) is 53.0 Å². The Labute approximate surface area is 131 Å². The minimum atomic E-state index is 0.133. The van der Waals surface area contributed by atoms with Crippen LogP contribution in [-0.2, 0) is 0 Å². The Hall–Kier alpha value is -1.26. The Morgan fingerprint density at radius 3 is 2.29 bits per heavy atom. The zero-order valence-electron chi connectivity index (χ0n) is 13.8. The van der Waals surface area contributed by atoms with Crippen LogP contribution in [0.15, 0.2) is 17.5 Å². The first kappa shape index (κ1) is 16.1. The number of aryl methyl sites for hydroxylation is 2. The smallest absolute Gasteiger partial charge is 0.169 e. The molecule has 0 spiro atoms. The number of hydrogen-bond acceptors (Lipinski definition) is 4. The first-order valence-electron chi connectivity index (χ1n) is 7.42. The molecule has 0 aliphatic carbocycles. The number of hydrogen-bond donors (Lipinski definition) is 1. The highest BCUT2D eigenvalue weighted by Crippen LogP contribution is 2.26. The minimum absolute atomic E-state index is 0.133. The van der Waals surface area contributed by atoms with Crippen LogP contribution in [0.25, 0.3) is 10.7 Å². The van der Waals surface area contributed by atoms with Gasteiger partial charge in [-0.2, -0.15) is 0 Å². The average molecular weight is 303 g/mol. The summed E-state index contributed by atoms with van der Waals surface area (Å²) in [7, 11) is 0. The van der Waals surface area contributed by atoms with Gasteiger partial charge >= 0.3 is 0 Å². The first-order chi connectivity index (χ1) is 9.78. The largest absolute Gasteiger partial charge is 0.311 e. The van der Waals surface area contributed by atoms with Crippen LogP contribution in [0.1, 0.15) is 50.6 Å². The Kier molecular flexibility index (Phi) is 4.79. The third-order valence-electron chi connectivity index (χ3n) is 3.50. The third-order valence-corrected chi connectivity index (χ3v) is 4.37. The SMILES string of the molecule is Cc1nc(-c2cccs2)nc(C)c1C(C)CNC(C)(C)C. The molecule has 114 valence electrons. The van der Waals surface area contributed by atoms with Gasteiger partial charge in [-0.1, -0.05) is 13.0 Å². The van der Waals surface area contributed by atoms with Crippen molar-refractivity contribution in [1.29, 1.82) is 0 Å². The van der Waals surface area contributed by atoms with Crippen LogP contribution in [0.2, 0.25) is 0 Å². The van der Waals surface area contributed by atoms with Crippen molar-refractivity contribution in [3.05, 3.63) is 34.5 Å². The maximum atomic E-state index is 4.71. The molecule has 0 amide bonds. The lowest BCUT2D eigenvalue weighted by Gasteiger charge is -2.25. The van der Waals surface area contributed by atoms with Gasteiger partial charge < -0.3 is 5.32 Å². The predicted octanol–water partition coefficient (Wildman–Crippen LogP) is 4.31. The highest BCUT2D eigenvalue weighted by molar-refractivity contribution is 7.13. The fraction of sp³-hybridized carbons (Fsp3) is 0.529. The van der Waals surface area contributed by atoms with Crippen molar-refractivity contribution < 1.29 is 0 Å². The second kappa shape index (κ2) is 6.24. The van der Waals surface area contributed by atoms with Crippen molar-refractivity contribution in [3.63, 3.8) is 0 Å². The molecule has 0 bridgehead atoms. The van der Waals surface area contributed by atoms with E-state index in [1.807, 2.05) is 6.07 Å². The molecule has 2 aromatic rings. The summed E-state index contributed by atoms with van der Waals surface area (Å²) in [6.45, 7) is 13.9. The lowest BCUT2D eigenvalue weighted by atomic mass is 9.96. The molecule has 4 heteroatoms. The highest BCUT2D eigenvalue weighted by atomic mass is 32.1. The van der Waals surface area contributed by atoms with Crippen molar-refractivity contribution in [2.75, 3.05) is 6.54 Å². The van der Waals surface area contributed by atoms with Gasteiger partial charge in [0.2, 0.25) is 0 Å². The molecule has 0 radical (unpaired) electrons. The molecule has 0 aliphatic heterocycles. The van der Waals surface area contributed by atoms with Crippen LogP contribution in [0.4, 0.5) is 0 Å². The maximum absolute atomic E-state index is 4.71. The van der Waals surface area contributed by atoms with Crippen LogP contribution in [-0.4, -0.2) is 22.1 Å². The van der Waals surface area contributed by atoms with E-state index in [1.165, 1.54) is 5.56 Å². The van der Waals surface area contributed by atoms with E-state index < -0.39 is 0 Å². The van der Waals surface area contributed by atoms with Crippen LogP contribution in [0.3, 0.4) is 0 Å². The summed E-state index contributed by atoms with van der Waals surface area (Å²) in [5, 5.41) is 5.63. The summed E-state index contributed by atoms with van der Waals surface area (Å²) < 4.78 is 0.